The molecule has 0 unspecified atom stereocenters. The first-order chi connectivity index (χ1) is 14.5. The topological polar surface area (TPSA) is 64.2 Å². The van der Waals surface area contributed by atoms with Gasteiger partial charge in [0.25, 0.3) is 0 Å². The number of thioether (sulfide) groups is 1. The van der Waals surface area contributed by atoms with E-state index in [4.69, 9.17) is 9.47 Å². The molecule has 2 aromatic heterocycles. The number of esters is 1. The van der Waals surface area contributed by atoms with Crippen LogP contribution >= 0.6 is 11.8 Å². The van der Waals surface area contributed by atoms with Crippen molar-refractivity contribution in [1.82, 2.24) is 9.97 Å². The second-order valence-corrected chi connectivity index (χ2v) is 11.4. The van der Waals surface area contributed by atoms with E-state index < -0.39 is 5.41 Å². The molecule has 0 saturated carbocycles. The van der Waals surface area contributed by atoms with Crippen molar-refractivity contribution in [1.29, 1.82) is 0 Å². The molecule has 0 radical (unpaired) electrons. The fraction of sp³-hybridized carbons (Fsp3) is 0.440. The molecule has 0 spiro atoms. The third kappa shape index (κ3) is 5.82. The normalized spacial score (nSPS) is 12.2. The molecule has 1 aromatic carbocycles. The Morgan fingerprint density at radius 2 is 1.87 bits per heavy atom. The number of carbonyl (C=O) groups excluding carboxylic acids is 1. The Morgan fingerprint density at radius 1 is 1.13 bits per heavy atom. The summed E-state index contributed by atoms with van der Waals surface area (Å²) in [5.41, 5.74) is 3.47. The van der Waals surface area contributed by atoms with Crippen LogP contribution in [0.5, 0.6) is 5.75 Å². The second kappa shape index (κ2) is 8.95. The third-order valence-electron chi connectivity index (χ3n) is 4.92. The summed E-state index contributed by atoms with van der Waals surface area (Å²) in [6.45, 7) is 12.8. The molecular weight excluding hydrogens is 408 g/mol. The molecule has 0 fully saturated rings. The minimum absolute atomic E-state index is 0.0158. The standard InChI is InChI=1S/C25H32N2O3S/c1-16-8-9-17(26-14-16)15-30-18-10-11-20-19(12-18)22(31-24(2,3)4)21(27-20)13-25(5,6)23(28)29-7/h8-12,14,27H,13,15H2,1-7H3. The van der Waals surface area contributed by atoms with E-state index in [0.29, 0.717) is 13.0 Å². The Bertz CT molecular complexity index is 1060. The first kappa shape index (κ1) is 23.2. The van der Waals surface area contributed by atoms with Gasteiger partial charge in [-0.2, -0.15) is 0 Å². The summed E-state index contributed by atoms with van der Waals surface area (Å²) in [6.07, 6.45) is 2.41. The van der Waals surface area contributed by atoms with E-state index in [1.807, 2.05) is 51.2 Å². The summed E-state index contributed by atoms with van der Waals surface area (Å²) < 4.78 is 11.1. The molecule has 0 amide bonds. The fourth-order valence-corrected chi connectivity index (χ4v) is 4.51. The number of pyridine rings is 1. The number of nitrogens with zero attached hydrogens (tertiary/aromatic N) is 1. The number of carbonyl (C=O) groups is 1. The number of aromatic amines is 1. The Morgan fingerprint density at radius 3 is 2.48 bits per heavy atom. The highest BCUT2D eigenvalue weighted by atomic mass is 32.2. The molecule has 0 aliphatic heterocycles. The number of aryl methyl sites for hydroxylation is 1. The van der Waals surface area contributed by atoms with Gasteiger partial charge in [-0.05, 0) is 50.6 Å². The molecule has 2 heterocycles. The summed E-state index contributed by atoms with van der Waals surface area (Å²) in [4.78, 5) is 21.4. The number of hydrogen-bond donors (Lipinski definition) is 1. The van der Waals surface area contributed by atoms with Gasteiger partial charge in [0.15, 0.2) is 0 Å². The van der Waals surface area contributed by atoms with Gasteiger partial charge in [-0.1, -0.05) is 26.8 Å². The summed E-state index contributed by atoms with van der Waals surface area (Å²) >= 11 is 1.80. The predicted octanol–water partition coefficient (Wildman–Crippen LogP) is 6.08. The van der Waals surface area contributed by atoms with E-state index >= 15 is 0 Å². The van der Waals surface area contributed by atoms with Gasteiger partial charge in [0, 0.05) is 38.9 Å². The molecule has 3 aromatic rings. The van der Waals surface area contributed by atoms with E-state index in [2.05, 4.69) is 36.8 Å². The number of nitrogens with one attached hydrogen (secondary N) is 1. The number of rotatable bonds is 7. The van der Waals surface area contributed by atoms with E-state index in [1.165, 1.54) is 7.11 Å². The Kier molecular flexibility index (Phi) is 6.70. The average Bonchev–Trinajstić information content (AvgIpc) is 3.01. The molecular formula is C25H32N2O3S. The lowest BCUT2D eigenvalue weighted by atomic mass is 9.88. The van der Waals surface area contributed by atoms with Crippen molar-refractivity contribution in [2.45, 2.75) is 64.2 Å². The van der Waals surface area contributed by atoms with Crippen LogP contribution in [0.4, 0.5) is 0 Å². The van der Waals surface area contributed by atoms with Crippen molar-refractivity contribution in [2.75, 3.05) is 7.11 Å². The maximum absolute atomic E-state index is 12.3. The van der Waals surface area contributed by atoms with Crippen LogP contribution < -0.4 is 4.74 Å². The molecule has 166 valence electrons. The van der Waals surface area contributed by atoms with Crippen molar-refractivity contribution in [3.8, 4) is 5.75 Å². The van der Waals surface area contributed by atoms with Gasteiger partial charge in [0.2, 0.25) is 0 Å². The number of H-pyrrole nitrogens is 1. The quantitative estimate of drug-likeness (QED) is 0.356. The molecule has 31 heavy (non-hydrogen) atoms. The predicted molar refractivity (Wildman–Crippen MR) is 127 cm³/mol. The maximum atomic E-state index is 12.3. The first-order valence-corrected chi connectivity index (χ1v) is 11.3. The summed E-state index contributed by atoms with van der Waals surface area (Å²) in [5.74, 6) is 0.580. The Labute approximate surface area is 188 Å². The number of benzene rings is 1. The van der Waals surface area contributed by atoms with Crippen LogP contribution in [0.2, 0.25) is 0 Å². The fourth-order valence-electron chi connectivity index (χ4n) is 3.37. The lowest BCUT2D eigenvalue weighted by molar-refractivity contribution is -0.150. The highest BCUT2D eigenvalue weighted by Crippen LogP contribution is 2.42. The number of hydrogen-bond acceptors (Lipinski definition) is 5. The maximum Gasteiger partial charge on any atom is 0.311 e. The van der Waals surface area contributed by atoms with Gasteiger partial charge in [-0.15, -0.1) is 11.8 Å². The zero-order chi connectivity index (χ0) is 22.8. The van der Waals surface area contributed by atoms with Gasteiger partial charge < -0.3 is 14.5 Å². The zero-order valence-electron chi connectivity index (χ0n) is 19.5. The summed E-state index contributed by atoms with van der Waals surface area (Å²) in [5, 5.41) is 1.10. The van der Waals surface area contributed by atoms with Crippen molar-refractivity contribution >= 4 is 28.6 Å². The molecule has 0 atom stereocenters. The van der Waals surface area contributed by atoms with Gasteiger partial charge in [-0.3, -0.25) is 9.78 Å². The van der Waals surface area contributed by atoms with Crippen molar-refractivity contribution < 1.29 is 14.3 Å². The molecule has 0 aliphatic rings. The molecule has 1 N–H and O–H groups in total. The summed E-state index contributed by atoms with van der Waals surface area (Å²) in [6, 6.07) is 10.1. The Balaban J connectivity index is 1.94. The van der Waals surface area contributed by atoms with Crippen LogP contribution in [0.1, 0.15) is 51.6 Å². The second-order valence-electron chi connectivity index (χ2n) is 9.52. The minimum Gasteiger partial charge on any atom is -0.487 e. The lowest BCUT2D eigenvalue weighted by Crippen LogP contribution is -2.28. The van der Waals surface area contributed by atoms with Gasteiger partial charge >= 0.3 is 5.97 Å². The van der Waals surface area contributed by atoms with Crippen LogP contribution in [-0.2, 0) is 22.6 Å². The van der Waals surface area contributed by atoms with E-state index in [-0.39, 0.29) is 10.7 Å². The van der Waals surface area contributed by atoms with Crippen LogP contribution in [0.15, 0.2) is 41.4 Å². The van der Waals surface area contributed by atoms with Gasteiger partial charge in [0.05, 0.1) is 18.2 Å². The first-order valence-electron chi connectivity index (χ1n) is 10.4. The SMILES string of the molecule is COC(=O)C(C)(C)Cc1[nH]c2ccc(OCc3ccc(C)cn3)cc2c1SC(C)(C)C. The highest BCUT2D eigenvalue weighted by Gasteiger charge is 2.32. The van der Waals surface area contributed by atoms with Crippen molar-refractivity contribution in [2.24, 2.45) is 5.41 Å². The number of fused-ring (bicyclic) bond motifs is 1. The molecule has 3 rings (SSSR count). The zero-order valence-corrected chi connectivity index (χ0v) is 20.3. The van der Waals surface area contributed by atoms with Gasteiger partial charge in [0.1, 0.15) is 12.4 Å². The van der Waals surface area contributed by atoms with E-state index in [1.54, 1.807) is 11.8 Å². The van der Waals surface area contributed by atoms with Crippen LogP contribution in [0.25, 0.3) is 10.9 Å². The molecule has 5 nitrogen and oxygen atoms in total. The van der Waals surface area contributed by atoms with Crippen molar-refractivity contribution in [3.05, 3.63) is 53.5 Å². The average molecular weight is 441 g/mol. The molecule has 0 saturated heterocycles. The molecule has 0 aliphatic carbocycles. The van der Waals surface area contributed by atoms with Gasteiger partial charge in [-0.25, -0.2) is 0 Å². The Hall–Kier alpha value is -2.47. The molecule has 0 bridgehead atoms. The van der Waals surface area contributed by atoms with E-state index in [9.17, 15) is 4.79 Å². The van der Waals surface area contributed by atoms with E-state index in [0.717, 1.165) is 38.5 Å². The number of methoxy groups -OCH3 is 1. The minimum atomic E-state index is -0.626. The monoisotopic (exact) mass is 440 g/mol. The largest absolute Gasteiger partial charge is 0.487 e. The van der Waals surface area contributed by atoms with Crippen LogP contribution in [0, 0.1) is 12.3 Å². The third-order valence-corrected chi connectivity index (χ3v) is 6.20. The molecule has 6 heteroatoms. The van der Waals surface area contributed by atoms with Crippen LogP contribution in [0.3, 0.4) is 0 Å². The summed E-state index contributed by atoms with van der Waals surface area (Å²) in [7, 11) is 1.44. The lowest BCUT2D eigenvalue weighted by Gasteiger charge is -2.23. The van der Waals surface area contributed by atoms with Crippen molar-refractivity contribution in [3.63, 3.8) is 0 Å². The highest BCUT2D eigenvalue weighted by molar-refractivity contribution is 8.00. The number of aromatic nitrogens is 2. The van der Waals surface area contributed by atoms with Crippen LogP contribution in [-0.4, -0.2) is 27.8 Å². The smallest absolute Gasteiger partial charge is 0.311 e. The number of ether oxygens (including phenoxy) is 2.